The second-order valence-corrected chi connectivity index (χ2v) is 6.89. The van der Waals surface area contributed by atoms with Gasteiger partial charge in [-0.1, -0.05) is 12.1 Å². The summed E-state index contributed by atoms with van der Waals surface area (Å²) in [5, 5.41) is 23.2. The van der Waals surface area contributed by atoms with E-state index < -0.39 is 17.9 Å². The summed E-state index contributed by atoms with van der Waals surface area (Å²) in [6.45, 7) is 2.16. The fraction of sp³-hybridized carbons (Fsp3) is 0.316. The Balaban J connectivity index is 1.61. The van der Waals surface area contributed by atoms with Crippen molar-refractivity contribution in [2.75, 3.05) is 6.54 Å². The zero-order valence-electron chi connectivity index (χ0n) is 15.9. The maximum absolute atomic E-state index is 12.7. The third kappa shape index (κ3) is 4.60. The number of hydrogen-bond donors (Lipinski definition) is 4. The Bertz CT molecular complexity index is 966. The number of carboxylic acids is 1. The molecule has 1 aromatic heterocycles. The second-order valence-electron chi connectivity index (χ2n) is 6.89. The van der Waals surface area contributed by atoms with Gasteiger partial charge in [0.25, 0.3) is 5.91 Å². The van der Waals surface area contributed by atoms with E-state index in [9.17, 15) is 14.4 Å². The minimum Gasteiger partial charge on any atom is -0.480 e. The molecule has 0 saturated carbocycles. The molecule has 0 bridgehead atoms. The molecule has 1 atom stereocenters. The van der Waals surface area contributed by atoms with E-state index >= 15 is 0 Å². The quantitative estimate of drug-likeness (QED) is 0.395. The number of amidine groups is 1. The highest BCUT2D eigenvalue weighted by Crippen LogP contribution is 2.18. The standard InChI is InChI=1S/C19H22N6O4/c1-11(22-18(28)13-4-2-12(3-5-13)17(20)21)19(29)24-7-6-15-14(8-24)9-25(23-15)10-16(26)27/h2-5,9,11H,6-8,10H2,1H3,(H3,20,21)(H,22,28)(H,26,27)/t11-/m0/s1. The number of fused-ring (bicyclic) bond motifs is 1. The van der Waals surface area contributed by atoms with Crippen LogP contribution in [0.1, 0.15) is 34.1 Å². The Labute approximate surface area is 166 Å². The van der Waals surface area contributed by atoms with Gasteiger partial charge in [0.05, 0.1) is 5.69 Å². The average molecular weight is 398 g/mol. The van der Waals surface area contributed by atoms with Crippen LogP contribution in [0, 0.1) is 5.41 Å². The van der Waals surface area contributed by atoms with Crippen molar-refractivity contribution in [1.29, 1.82) is 5.41 Å². The number of hydrogen-bond acceptors (Lipinski definition) is 5. The van der Waals surface area contributed by atoms with E-state index in [1.165, 1.54) is 4.68 Å². The number of nitrogens with one attached hydrogen (secondary N) is 2. The van der Waals surface area contributed by atoms with Crippen molar-refractivity contribution in [3.05, 3.63) is 52.8 Å². The van der Waals surface area contributed by atoms with Gasteiger partial charge in [0.1, 0.15) is 18.4 Å². The highest BCUT2D eigenvalue weighted by atomic mass is 16.4. The molecular formula is C19H22N6O4. The fourth-order valence-corrected chi connectivity index (χ4v) is 3.20. The molecule has 1 aliphatic heterocycles. The van der Waals surface area contributed by atoms with Gasteiger partial charge < -0.3 is 21.1 Å². The summed E-state index contributed by atoms with van der Waals surface area (Å²) in [6, 6.07) is 5.52. The SMILES string of the molecule is C[C@H](NC(=O)c1ccc(C(=N)N)cc1)C(=O)N1CCc2nn(CC(=O)O)cc2C1. The molecule has 0 radical (unpaired) electrons. The molecule has 10 nitrogen and oxygen atoms in total. The summed E-state index contributed by atoms with van der Waals surface area (Å²) in [7, 11) is 0. The maximum atomic E-state index is 12.7. The molecular weight excluding hydrogens is 376 g/mol. The molecule has 0 spiro atoms. The summed E-state index contributed by atoms with van der Waals surface area (Å²) in [4.78, 5) is 37.6. The number of nitrogens with zero attached hydrogens (tertiary/aromatic N) is 3. The monoisotopic (exact) mass is 398 g/mol. The highest BCUT2D eigenvalue weighted by molar-refractivity contribution is 5.99. The van der Waals surface area contributed by atoms with Gasteiger partial charge in [-0.15, -0.1) is 0 Å². The summed E-state index contributed by atoms with van der Waals surface area (Å²) in [6.07, 6.45) is 2.17. The summed E-state index contributed by atoms with van der Waals surface area (Å²) in [5.41, 5.74) is 7.88. The van der Waals surface area contributed by atoms with Gasteiger partial charge >= 0.3 is 5.97 Å². The first kappa shape index (κ1) is 20.1. The van der Waals surface area contributed by atoms with Crippen LogP contribution >= 0.6 is 0 Å². The van der Waals surface area contributed by atoms with Crippen LogP contribution in [0.2, 0.25) is 0 Å². The molecule has 1 aliphatic rings. The van der Waals surface area contributed by atoms with Crippen molar-refractivity contribution in [3.63, 3.8) is 0 Å². The van der Waals surface area contributed by atoms with E-state index in [1.807, 2.05) is 0 Å². The Hall–Kier alpha value is -3.69. The lowest BCUT2D eigenvalue weighted by atomic mass is 10.1. The lowest BCUT2D eigenvalue weighted by Gasteiger charge is -2.29. The largest absolute Gasteiger partial charge is 0.480 e. The number of nitrogens with two attached hydrogens (primary N) is 1. The predicted octanol–water partition coefficient (Wildman–Crippen LogP) is -0.0450. The van der Waals surface area contributed by atoms with Crippen LogP contribution in [-0.2, 0) is 29.1 Å². The average Bonchev–Trinajstić information content (AvgIpc) is 3.07. The smallest absolute Gasteiger partial charge is 0.325 e. The molecule has 2 aromatic rings. The number of rotatable bonds is 6. The Morgan fingerprint density at radius 1 is 1.28 bits per heavy atom. The van der Waals surface area contributed by atoms with Gasteiger partial charge in [-0.2, -0.15) is 5.10 Å². The van der Waals surface area contributed by atoms with Crippen molar-refractivity contribution < 1.29 is 19.5 Å². The molecule has 0 aliphatic carbocycles. The van der Waals surface area contributed by atoms with Gasteiger partial charge in [0.15, 0.2) is 0 Å². The fourth-order valence-electron chi connectivity index (χ4n) is 3.20. The van der Waals surface area contributed by atoms with E-state index in [1.54, 1.807) is 42.3 Å². The molecule has 0 saturated heterocycles. The molecule has 3 rings (SSSR count). The van der Waals surface area contributed by atoms with Gasteiger partial charge in [0, 0.05) is 42.4 Å². The van der Waals surface area contributed by atoms with Crippen LogP contribution in [0.3, 0.4) is 0 Å². The summed E-state index contributed by atoms with van der Waals surface area (Å²) >= 11 is 0. The molecule has 0 unspecified atom stereocenters. The van der Waals surface area contributed by atoms with Crippen LogP contribution in [0.25, 0.3) is 0 Å². The number of benzene rings is 1. The number of aliphatic carboxylic acids is 1. The van der Waals surface area contributed by atoms with Gasteiger partial charge in [-0.25, -0.2) is 0 Å². The third-order valence-corrected chi connectivity index (χ3v) is 4.69. The Morgan fingerprint density at radius 2 is 1.93 bits per heavy atom. The maximum Gasteiger partial charge on any atom is 0.325 e. The van der Waals surface area contributed by atoms with Crippen LogP contribution in [-0.4, -0.2) is 56.0 Å². The van der Waals surface area contributed by atoms with Crippen molar-refractivity contribution in [3.8, 4) is 0 Å². The highest BCUT2D eigenvalue weighted by Gasteiger charge is 2.27. The van der Waals surface area contributed by atoms with Crippen molar-refractivity contribution in [1.82, 2.24) is 20.0 Å². The molecule has 152 valence electrons. The van der Waals surface area contributed by atoms with Crippen molar-refractivity contribution in [2.24, 2.45) is 5.73 Å². The third-order valence-electron chi connectivity index (χ3n) is 4.69. The molecule has 2 heterocycles. The molecule has 29 heavy (non-hydrogen) atoms. The Kier molecular flexibility index (Phi) is 5.62. The number of carbonyl (C=O) groups excluding carboxylic acids is 2. The zero-order chi connectivity index (χ0) is 21.1. The number of carbonyl (C=O) groups is 3. The number of nitrogen functional groups attached to an aromatic ring is 1. The van der Waals surface area contributed by atoms with Crippen molar-refractivity contribution >= 4 is 23.6 Å². The van der Waals surface area contributed by atoms with Crippen LogP contribution in [0.5, 0.6) is 0 Å². The first-order chi connectivity index (χ1) is 13.7. The van der Waals surface area contributed by atoms with Crippen LogP contribution < -0.4 is 11.1 Å². The topological polar surface area (TPSA) is 154 Å². The van der Waals surface area contributed by atoms with Crippen LogP contribution in [0.4, 0.5) is 0 Å². The number of aromatic nitrogens is 2. The van der Waals surface area contributed by atoms with E-state index in [0.717, 1.165) is 11.3 Å². The second kappa shape index (κ2) is 8.13. The minimum atomic E-state index is -0.981. The number of amides is 2. The molecule has 0 fully saturated rings. The summed E-state index contributed by atoms with van der Waals surface area (Å²) < 4.78 is 1.36. The normalized spacial score (nSPS) is 14.0. The first-order valence-electron chi connectivity index (χ1n) is 9.05. The van der Waals surface area contributed by atoms with Gasteiger partial charge in [-0.05, 0) is 19.1 Å². The molecule has 5 N–H and O–H groups in total. The Morgan fingerprint density at radius 3 is 2.55 bits per heavy atom. The lowest BCUT2D eigenvalue weighted by Crippen LogP contribution is -2.48. The molecule has 1 aromatic carbocycles. The van der Waals surface area contributed by atoms with E-state index in [-0.39, 0.29) is 18.3 Å². The van der Waals surface area contributed by atoms with E-state index in [2.05, 4.69) is 10.4 Å². The predicted molar refractivity (Wildman–Crippen MR) is 103 cm³/mol. The number of carboxylic acid groups (broad SMARTS) is 1. The molecule has 10 heteroatoms. The first-order valence-corrected chi connectivity index (χ1v) is 9.05. The van der Waals surface area contributed by atoms with E-state index in [0.29, 0.717) is 30.6 Å². The van der Waals surface area contributed by atoms with Crippen LogP contribution in [0.15, 0.2) is 30.5 Å². The van der Waals surface area contributed by atoms with E-state index in [4.69, 9.17) is 16.2 Å². The minimum absolute atomic E-state index is 0.0864. The summed E-state index contributed by atoms with van der Waals surface area (Å²) in [5.74, 6) is -1.69. The molecule has 2 amide bonds. The lowest BCUT2D eigenvalue weighted by molar-refractivity contribution is -0.138. The van der Waals surface area contributed by atoms with Gasteiger partial charge in [-0.3, -0.25) is 24.5 Å². The zero-order valence-corrected chi connectivity index (χ0v) is 15.9. The van der Waals surface area contributed by atoms with Gasteiger partial charge in [0.2, 0.25) is 5.91 Å². The van der Waals surface area contributed by atoms with Crippen molar-refractivity contribution in [2.45, 2.75) is 32.5 Å².